The zero-order valence-electron chi connectivity index (χ0n) is 15.8. The number of likely N-dealkylation sites (N-methyl/N-ethyl adjacent to an activating group) is 1. The Hall–Kier alpha value is -2.08. The third kappa shape index (κ3) is 3.68. The van der Waals surface area contributed by atoms with Crippen molar-refractivity contribution in [3.63, 3.8) is 0 Å². The van der Waals surface area contributed by atoms with Crippen LogP contribution < -0.4 is 5.32 Å². The maximum absolute atomic E-state index is 13.0. The van der Waals surface area contributed by atoms with Gasteiger partial charge in [-0.15, -0.1) is 0 Å². The summed E-state index contributed by atoms with van der Waals surface area (Å²) in [5.74, 6) is -0.448. The van der Waals surface area contributed by atoms with Gasteiger partial charge >= 0.3 is 6.03 Å². The molecule has 146 valence electrons. The van der Waals surface area contributed by atoms with Crippen molar-refractivity contribution in [2.24, 2.45) is 5.92 Å². The van der Waals surface area contributed by atoms with Gasteiger partial charge in [-0.3, -0.25) is 14.5 Å². The van der Waals surface area contributed by atoms with Crippen LogP contribution in [0.4, 0.5) is 4.79 Å². The minimum Gasteiger partial charge on any atom is -0.337 e. The number of urea groups is 1. The van der Waals surface area contributed by atoms with Crippen molar-refractivity contribution in [3.05, 3.63) is 34.9 Å². The molecule has 0 aromatic heterocycles. The summed E-state index contributed by atoms with van der Waals surface area (Å²) in [5.41, 5.74) is -0.000919. The lowest BCUT2D eigenvalue weighted by Gasteiger charge is -2.36. The largest absolute Gasteiger partial charge is 0.337 e. The van der Waals surface area contributed by atoms with Crippen molar-refractivity contribution >= 4 is 29.4 Å². The molecule has 3 rings (SSSR count). The Morgan fingerprint density at radius 1 is 1.33 bits per heavy atom. The number of carbonyl (C=O) groups excluding carboxylic acids is 3. The van der Waals surface area contributed by atoms with E-state index in [1.807, 2.05) is 32.0 Å². The normalized spacial score (nSPS) is 25.0. The van der Waals surface area contributed by atoms with Gasteiger partial charge in [-0.05, 0) is 37.3 Å². The van der Waals surface area contributed by atoms with Crippen LogP contribution in [0.5, 0.6) is 0 Å². The molecule has 27 heavy (non-hydrogen) atoms. The first-order valence-electron chi connectivity index (χ1n) is 9.54. The summed E-state index contributed by atoms with van der Waals surface area (Å²) < 4.78 is 0. The molecule has 2 unspecified atom stereocenters. The van der Waals surface area contributed by atoms with Crippen LogP contribution in [0.15, 0.2) is 24.3 Å². The molecule has 0 radical (unpaired) electrons. The lowest BCUT2D eigenvalue weighted by atomic mass is 9.73. The first-order chi connectivity index (χ1) is 12.9. The number of nitrogens with one attached hydrogen (secondary N) is 1. The smallest absolute Gasteiger partial charge is 0.325 e. The molecule has 1 saturated heterocycles. The van der Waals surface area contributed by atoms with Crippen LogP contribution in [-0.4, -0.2) is 46.3 Å². The Morgan fingerprint density at radius 3 is 2.74 bits per heavy atom. The van der Waals surface area contributed by atoms with Gasteiger partial charge in [0.1, 0.15) is 12.1 Å². The number of rotatable bonds is 5. The fraction of sp³-hybridized carbons (Fsp3) is 0.550. The predicted octanol–water partition coefficient (Wildman–Crippen LogP) is 3.19. The van der Waals surface area contributed by atoms with E-state index < -0.39 is 11.6 Å². The monoisotopic (exact) mass is 391 g/mol. The third-order valence-electron chi connectivity index (χ3n) is 5.85. The van der Waals surface area contributed by atoms with E-state index in [0.717, 1.165) is 29.7 Å². The van der Waals surface area contributed by atoms with E-state index in [-0.39, 0.29) is 24.3 Å². The number of carbonyl (C=O) groups is 3. The third-order valence-corrected chi connectivity index (χ3v) is 6.22. The first kappa shape index (κ1) is 19.7. The van der Waals surface area contributed by atoms with E-state index in [1.165, 1.54) is 0 Å². The van der Waals surface area contributed by atoms with Crippen molar-refractivity contribution in [2.45, 2.75) is 51.6 Å². The summed E-state index contributed by atoms with van der Waals surface area (Å²) in [6, 6.07) is 6.88. The second-order valence-electron chi connectivity index (χ2n) is 7.44. The van der Waals surface area contributed by atoms with Gasteiger partial charge in [-0.1, -0.05) is 49.6 Å². The van der Waals surface area contributed by atoms with E-state index in [1.54, 1.807) is 11.0 Å². The van der Waals surface area contributed by atoms with E-state index in [0.29, 0.717) is 24.5 Å². The summed E-state index contributed by atoms with van der Waals surface area (Å²) >= 11 is 6.19. The van der Waals surface area contributed by atoms with E-state index in [9.17, 15) is 14.4 Å². The molecule has 1 aromatic rings. The topological polar surface area (TPSA) is 69.7 Å². The average molecular weight is 392 g/mol. The molecule has 1 aromatic carbocycles. The maximum atomic E-state index is 13.0. The standard InChI is InChI=1S/C20H26ClN3O3/c1-3-23(12-15-9-4-5-10-16(15)21)17(25)13-24-18(26)20(22-19(24)27)11-7-6-8-14(20)2/h4-5,9-10,14H,3,6-8,11-13H2,1-2H3,(H,22,27). The lowest BCUT2D eigenvalue weighted by Crippen LogP contribution is -2.54. The molecule has 4 amide bonds. The number of hydrogen-bond donors (Lipinski definition) is 1. The predicted molar refractivity (Wildman–Crippen MR) is 103 cm³/mol. The van der Waals surface area contributed by atoms with Crippen molar-refractivity contribution < 1.29 is 14.4 Å². The zero-order chi connectivity index (χ0) is 19.6. The molecule has 1 heterocycles. The van der Waals surface area contributed by atoms with Gasteiger partial charge in [-0.25, -0.2) is 4.79 Å². The summed E-state index contributed by atoms with van der Waals surface area (Å²) in [6.07, 6.45) is 3.51. The highest BCUT2D eigenvalue weighted by atomic mass is 35.5. The quantitative estimate of drug-likeness (QED) is 0.783. The van der Waals surface area contributed by atoms with Gasteiger partial charge in [0.2, 0.25) is 5.91 Å². The number of nitrogens with zero attached hydrogens (tertiary/aromatic N) is 2. The van der Waals surface area contributed by atoms with Gasteiger partial charge in [0.05, 0.1) is 0 Å². The summed E-state index contributed by atoms with van der Waals surface area (Å²) in [6.45, 7) is 4.44. The van der Waals surface area contributed by atoms with Crippen LogP contribution in [0.2, 0.25) is 5.02 Å². The second kappa shape index (κ2) is 7.89. The van der Waals surface area contributed by atoms with Crippen LogP contribution >= 0.6 is 11.6 Å². The van der Waals surface area contributed by atoms with Crippen LogP contribution in [-0.2, 0) is 16.1 Å². The molecule has 2 fully saturated rings. The minimum atomic E-state index is -0.838. The van der Waals surface area contributed by atoms with Gasteiger partial charge < -0.3 is 10.2 Å². The van der Waals surface area contributed by atoms with Crippen molar-refractivity contribution in [1.29, 1.82) is 0 Å². The molecule has 1 aliphatic carbocycles. The molecule has 2 atom stereocenters. The summed E-state index contributed by atoms with van der Waals surface area (Å²) in [5, 5.41) is 3.48. The number of halogens is 1. The Bertz CT molecular complexity index is 754. The van der Waals surface area contributed by atoms with E-state index in [4.69, 9.17) is 11.6 Å². The average Bonchev–Trinajstić information content (AvgIpc) is 2.88. The highest BCUT2D eigenvalue weighted by Gasteiger charge is 2.55. The zero-order valence-corrected chi connectivity index (χ0v) is 16.6. The molecule has 0 bridgehead atoms. The highest BCUT2D eigenvalue weighted by molar-refractivity contribution is 6.31. The fourth-order valence-corrected chi connectivity index (χ4v) is 4.28. The lowest BCUT2D eigenvalue weighted by molar-refractivity contribution is -0.140. The minimum absolute atomic E-state index is 0.0770. The number of hydrogen-bond acceptors (Lipinski definition) is 3. The second-order valence-corrected chi connectivity index (χ2v) is 7.85. The molecule has 1 saturated carbocycles. The highest BCUT2D eigenvalue weighted by Crippen LogP contribution is 2.38. The molecule has 6 nitrogen and oxygen atoms in total. The van der Waals surface area contributed by atoms with E-state index >= 15 is 0 Å². The SMILES string of the molecule is CCN(Cc1ccccc1Cl)C(=O)CN1C(=O)NC2(CCCCC2C)C1=O. The molecular weight excluding hydrogens is 366 g/mol. The van der Waals surface area contributed by atoms with Crippen LogP contribution in [0.3, 0.4) is 0 Å². The molecule has 1 aliphatic heterocycles. The van der Waals surface area contributed by atoms with Gasteiger partial charge in [0, 0.05) is 18.1 Å². The molecule has 1 spiro atoms. The van der Waals surface area contributed by atoms with Crippen molar-refractivity contribution in [1.82, 2.24) is 15.1 Å². The molecule has 2 aliphatic rings. The number of benzene rings is 1. The van der Waals surface area contributed by atoms with Crippen molar-refractivity contribution in [2.75, 3.05) is 13.1 Å². The fourth-order valence-electron chi connectivity index (χ4n) is 4.08. The molecule has 7 heteroatoms. The Kier molecular flexibility index (Phi) is 5.75. The first-order valence-corrected chi connectivity index (χ1v) is 9.92. The Morgan fingerprint density at radius 2 is 2.07 bits per heavy atom. The maximum Gasteiger partial charge on any atom is 0.325 e. The van der Waals surface area contributed by atoms with Gasteiger partial charge in [0.25, 0.3) is 5.91 Å². The molecule has 1 N–H and O–H groups in total. The summed E-state index contributed by atoms with van der Waals surface area (Å²) in [4.78, 5) is 41.0. The Balaban J connectivity index is 1.71. The number of imide groups is 1. The summed E-state index contributed by atoms with van der Waals surface area (Å²) in [7, 11) is 0. The Labute approximate surface area is 164 Å². The van der Waals surface area contributed by atoms with Crippen LogP contribution in [0.1, 0.15) is 45.1 Å². The van der Waals surface area contributed by atoms with Crippen LogP contribution in [0.25, 0.3) is 0 Å². The van der Waals surface area contributed by atoms with Gasteiger partial charge in [0.15, 0.2) is 0 Å². The van der Waals surface area contributed by atoms with Crippen LogP contribution in [0, 0.1) is 5.92 Å². The molecular formula is C20H26ClN3O3. The van der Waals surface area contributed by atoms with Crippen molar-refractivity contribution in [3.8, 4) is 0 Å². The van der Waals surface area contributed by atoms with Gasteiger partial charge in [-0.2, -0.15) is 0 Å². The van der Waals surface area contributed by atoms with E-state index in [2.05, 4.69) is 5.32 Å². The number of amides is 4.